The van der Waals surface area contributed by atoms with Crippen LogP contribution >= 0.6 is 11.6 Å². The van der Waals surface area contributed by atoms with Gasteiger partial charge in [-0.15, -0.1) is 0 Å². The molecular weight excluding hydrogens is 308 g/mol. The number of benzene rings is 1. The Morgan fingerprint density at radius 1 is 1.19 bits per heavy atom. The van der Waals surface area contributed by atoms with E-state index in [0.29, 0.717) is 6.54 Å². The molecule has 1 rings (SSSR count). The monoisotopic (exact) mass is 328 g/mol. The van der Waals surface area contributed by atoms with Gasteiger partial charge in [-0.25, -0.2) is 13.1 Å². The fraction of sp³-hybridized carbons (Fsp3) is 0.533. The minimum absolute atomic E-state index is 0.0949. The van der Waals surface area contributed by atoms with Gasteiger partial charge in [-0.05, 0) is 24.6 Å². The predicted molar refractivity (Wildman–Crippen MR) is 84.7 cm³/mol. The number of nitriles is 1. The van der Waals surface area contributed by atoms with Gasteiger partial charge in [0.2, 0.25) is 10.0 Å². The van der Waals surface area contributed by atoms with E-state index in [1.165, 1.54) is 37.5 Å². The van der Waals surface area contributed by atoms with E-state index >= 15 is 0 Å². The molecule has 0 spiro atoms. The third-order valence-electron chi connectivity index (χ3n) is 3.19. The number of hydrogen-bond donors (Lipinski definition) is 1. The van der Waals surface area contributed by atoms with Crippen LogP contribution in [0.15, 0.2) is 23.1 Å². The van der Waals surface area contributed by atoms with Gasteiger partial charge in [0.05, 0.1) is 15.5 Å². The Morgan fingerprint density at radius 3 is 2.48 bits per heavy atom. The van der Waals surface area contributed by atoms with Crippen LogP contribution in [0.2, 0.25) is 5.02 Å². The molecule has 0 fully saturated rings. The van der Waals surface area contributed by atoms with Crippen molar-refractivity contribution in [3.63, 3.8) is 0 Å². The first kappa shape index (κ1) is 18.0. The van der Waals surface area contributed by atoms with Gasteiger partial charge in [-0.1, -0.05) is 50.6 Å². The Bertz CT molecular complexity index is 594. The van der Waals surface area contributed by atoms with Crippen molar-refractivity contribution in [1.29, 1.82) is 5.26 Å². The van der Waals surface area contributed by atoms with Crippen LogP contribution in [0.3, 0.4) is 0 Å². The lowest BCUT2D eigenvalue weighted by atomic mass is 10.1. The van der Waals surface area contributed by atoms with Crippen molar-refractivity contribution in [2.24, 2.45) is 0 Å². The van der Waals surface area contributed by atoms with Gasteiger partial charge in [0.1, 0.15) is 6.07 Å². The SMILES string of the molecule is CCCCCCCCNS(=O)(=O)c1ccc(C#N)c(Cl)c1. The summed E-state index contributed by atoms with van der Waals surface area (Å²) >= 11 is 5.85. The number of nitrogens with zero attached hydrogens (tertiary/aromatic N) is 1. The van der Waals surface area contributed by atoms with Crippen LogP contribution in [0.5, 0.6) is 0 Å². The molecule has 0 heterocycles. The lowest BCUT2D eigenvalue weighted by Crippen LogP contribution is -2.24. The van der Waals surface area contributed by atoms with Gasteiger partial charge in [0, 0.05) is 6.54 Å². The Hall–Kier alpha value is -1.09. The summed E-state index contributed by atoms with van der Waals surface area (Å²) in [6, 6.07) is 6.03. The normalized spacial score (nSPS) is 11.3. The lowest BCUT2D eigenvalue weighted by Gasteiger charge is -2.07. The van der Waals surface area contributed by atoms with E-state index in [9.17, 15) is 8.42 Å². The van der Waals surface area contributed by atoms with Crippen LogP contribution in [0, 0.1) is 11.3 Å². The van der Waals surface area contributed by atoms with Crippen molar-refractivity contribution < 1.29 is 8.42 Å². The van der Waals surface area contributed by atoms with Gasteiger partial charge in [-0.3, -0.25) is 0 Å². The highest BCUT2D eigenvalue weighted by Crippen LogP contribution is 2.20. The highest BCUT2D eigenvalue weighted by molar-refractivity contribution is 7.89. The number of rotatable bonds is 9. The first-order valence-electron chi connectivity index (χ1n) is 7.20. The highest BCUT2D eigenvalue weighted by atomic mass is 35.5. The molecule has 0 unspecified atom stereocenters. The van der Waals surface area contributed by atoms with E-state index < -0.39 is 10.0 Å². The largest absolute Gasteiger partial charge is 0.240 e. The molecule has 0 aliphatic heterocycles. The molecule has 21 heavy (non-hydrogen) atoms. The lowest BCUT2D eigenvalue weighted by molar-refractivity contribution is 0.567. The third kappa shape index (κ3) is 6.04. The van der Waals surface area contributed by atoms with Gasteiger partial charge >= 0.3 is 0 Å². The molecule has 0 aliphatic rings. The Kier molecular flexibility index (Phi) is 7.73. The number of unbranched alkanes of at least 4 members (excludes halogenated alkanes) is 5. The number of hydrogen-bond acceptors (Lipinski definition) is 3. The summed E-state index contributed by atoms with van der Waals surface area (Å²) in [6.07, 6.45) is 6.62. The second kappa shape index (κ2) is 9.04. The van der Waals surface area contributed by atoms with Crippen molar-refractivity contribution in [2.75, 3.05) is 6.54 Å². The first-order chi connectivity index (χ1) is 10.0. The van der Waals surface area contributed by atoms with E-state index in [-0.39, 0.29) is 15.5 Å². The molecule has 1 N–H and O–H groups in total. The fourth-order valence-electron chi connectivity index (χ4n) is 1.95. The molecule has 1 aromatic carbocycles. The van der Waals surface area contributed by atoms with Crippen molar-refractivity contribution in [3.8, 4) is 6.07 Å². The van der Waals surface area contributed by atoms with Crippen LogP contribution in [0.4, 0.5) is 0 Å². The number of sulfonamides is 1. The molecule has 6 heteroatoms. The fourth-order valence-corrected chi connectivity index (χ4v) is 3.34. The van der Waals surface area contributed by atoms with Crippen molar-refractivity contribution in [2.45, 2.75) is 50.3 Å². The minimum atomic E-state index is -3.55. The van der Waals surface area contributed by atoms with E-state index in [0.717, 1.165) is 19.3 Å². The van der Waals surface area contributed by atoms with Gasteiger partial charge in [0.15, 0.2) is 0 Å². The number of nitrogens with one attached hydrogen (secondary N) is 1. The summed E-state index contributed by atoms with van der Waals surface area (Å²) in [5, 5.41) is 8.93. The Morgan fingerprint density at radius 2 is 1.86 bits per heavy atom. The van der Waals surface area contributed by atoms with Crippen LogP contribution in [-0.2, 0) is 10.0 Å². The summed E-state index contributed by atoms with van der Waals surface area (Å²) in [7, 11) is -3.55. The predicted octanol–water partition coefficient (Wildman–Crippen LogP) is 3.85. The maximum absolute atomic E-state index is 12.1. The molecule has 0 amide bonds. The quantitative estimate of drug-likeness (QED) is 0.700. The smallest absolute Gasteiger partial charge is 0.211 e. The molecule has 1 aromatic rings. The standard InChI is InChI=1S/C15H21ClN2O2S/c1-2-3-4-5-6-7-10-18-21(19,20)14-9-8-13(12-17)15(16)11-14/h8-9,11,18H,2-7,10H2,1H3. The van der Waals surface area contributed by atoms with Gasteiger partial charge in [0.25, 0.3) is 0 Å². The molecular formula is C15H21ClN2O2S. The van der Waals surface area contributed by atoms with Gasteiger partial charge < -0.3 is 0 Å². The molecule has 0 aromatic heterocycles. The summed E-state index contributed by atoms with van der Waals surface area (Å²) < 4.78 is 26.7. The summed E-state index contributed by atoms with van der Waals surface area (Å²) in [6.45, 7) is 2.59. The summed E-state index contributed by atoms with van der Waals surface area (Å²) in [5.41, 5.74) is 0.270. The topological polar surface area (TPSA) is 70.0 Å². The maximum Gasteiger partial charge on any atom is 0.240 e. The van der Waals surface area contributed by atoms with Crippen molar-refractivity contribution in [3.05, 3.63) is 28.8 Å². The zero-order valence-electron chi connectivity index (χ0n) is 12.2. The minimum Gasteiger partial charge on any atom is -0.211 e. The van der Waals surface area contributed by atoms with Crippen LogP contribution in [0.1, 0.15) is 51.0 Å². The van der Waals surface area contributed by atoms with Crippen molar-refractivity contribution in [1.82, 2.24) is 4.72 Å². The van der Waals surface area contributed by atoms with E-state index in [1.54, 1.807) is 0 Å². The second-order valence-corrected chi connectivity index (χ2v) is 7.09. The van der Waals surface area contributed by atoms with E-state index in [2.05, 4.69) is 11.6 Å². The number of halogens is 1. The summed E-state index contributed by atoms with van der Waals surface area (Å²) in [4.78, 5) is 0.0949. The Balaban J connectivity index is 2.47. The summed E-state index contributed by atoms with van der Waals surface area (Å²) in [5.74, 6) is 0. The molecule has 116 valence electrons. The average molecular weight is 329 g/mol. The van der Waals surface area contributed by atoms with Crippen LogP contribution in [0.25, 0.3) is 0 Å². The van der Waals surface area contributed by atoms with Crippen LogP contribution in [-0.4, -0.2) is 15.0 Å². The third-order valence-corrected chi connectivity index (χ3v) is 4.97. The first-order valence-corrected chi connectivity index (χ1v) is 9.06. The van der Waals surface area contributed by atoms with Crippen LogP contribution < -0.4 is 4.72 Å². The van der Waals surface area contributed by atoms with Crippen molar-refractivity contribution >= 4 is 21.6 Å². The molecule has 0 saturated carbocycles. The highest BCUT2D eigenvalue weighted by Gasteiger charge is 2.14. The average Bonchev–Trinajstić information content (AvgIpc) is 2.46. The van der Waals surface area contributed by atoms with E-state index in [4.69, 9.17) is 16.9 Å². The Labute approximate surface area is 132 Å². The molecule has 0 atom stereocenters. The van der Waals surface area contributed by atoms with E-state index in [1.807, 2.05) is 6.07 Å². The molecule has 0 saturated heterocycles. The molecule has 4 nitrogen and oxygen atoms in total. The molecule has 0 bridgehead atoms. The second-order valence-electron chi connectivity index (χ2n) is 4.92. The maximum atomic E-state index is 12.1. The molecule has 0 aliphatic carbocycles. The zero-order chi connectivity index (χ0) is 15.7. The van der Waals surface area contributed by atoms with Gasteiger partial charge in [-0.2, -0.15) is 5.26 Å². The molecule has 0 radical (unpaired) electrons. The zero-order valence-corrected chi connectivity index (χ0v) is 13.8.